The molecule has 0 amide bonds. The Bertz CT molecular complexity index is 392. The third-order valence-corrected chi connectivity index (χ3v) is 3.68. The normalized spacial score (nSPS) is 20.3. The fourth-order valence-corrected chi connectivity index (χ4v) is 2.63. The van der Waals surface area contributed by atoms with Crippen molar-refractivity contribution in [3.05, 3.63) is 29.3 Å². The van der Waals surface area contributed by atoms with Gasteiger partial charge in [-0.1, -0.05) is 17.7 Å². The van der Waals surface area contributed by atoms with E-state index in [4.69, 9.17) is 4.74 Å². The molecule has 3 heteroatoms. The molecule has 0 bridgehead atoms. The second-order valence-electron chi connectivity index (χ2n) is 5.13. The van der Waals surface area contributed by atoms with E-state index in [2.05, 4.69) is 30.9 Å². The standard InChI is InChI=1S/C15H23NO2/c1-12-5-6-15(13(2)10-12)18-9-8-16-7-3-4-14(16)11-17/h5-6,10,14,17H,3-4,7-9,11H2,1-2H3. The zero-order chi connectivity index (χ0) is 13.0. The van der Waals surface area contributed by atoms with E-state index >= 15 is 0 Å². The van der Waals surface area contributed by atoms with Crippen molar-refractivity contribution in [2.24, 2.45) is 0 Å². The quantitative estimate of drug-likeness (QED) is 0.868. The van der Waals surface area contributed by atoms with Crippen molar-refractivity contribution in [2.45, 2.75) is 32.7 Å². The molecule has 3 nitrogen and oxygen atoms in total. The van der Waals surface area contributed by atoms with E-state index in [1.165, 1.54) is 17.5 Å². The van der Waals surface area contributed by atoms with E-state index < -0.39 is 0 Å². The molecule has 1 N–H and O–H groups in total. The van der Waals surface area contributed by atoms with E-state index in [-0.39, 0.29) is 6.61 Å². The van der Waals surface area contributed by atoms with Crippen molar-refractivity contribution in [1.82, 2.24) is 4.90 Å². The monoisotopic (exact) mass is 249 g/mol. The lowest BCUT2D eigenvalue weighted by Crippen LogP contribution is -2.35. The SMILES string of the molecule is Cc1ccc(OCCN2CCCC2CO)c(C)c1. The predicted octanol–water partition coefficient (Wildman–Crippen LogP) is 2.14. The van der Waals surface area contributed by atoms with Gasteiger partial charge in [0, 0.05) is 12.6 Å². The van der Waals surface area contributed by atoms with Gasteiger partial charge in [-0.25, -0.2) is 0 Å². The van der Waals surface area contributed by atoms with Gasteiger partial charge in [-0.05, 0) is 44.9 Å². The fraction of sp³-hybridized carbons (Fsp3) is 0.600. The molecule has 1 saturated heterocycles. The van der Waals surface area contributed by atoms with Gasteiger partial charge in [0.1, 0.15) is 12.4 Å². The van der Waals surface area contributed by atoms with Crippen LogP contribution in [0.25, 0.3) is 0 Å². The van der Waals surface area contributed by atoms with Gasteiger partial charge in [0.2, 0.25) is 0 Å². The number of hydrogen-bond donors (Lipinski definition) is 1. The first-order valence-corrected chi connectivity index (χ1v) is 6.75. The second-order valence-corrected chi connectivity index (χ2v) is 5.13. The minimum atomic E-state index is 0.267. The van der Waals surface area contributed by atoms with Crippen LogP contribution in [0.3, 0.4) is 0 Å². The van der Waals surface area contributed by atoms with Crippen LogP contribution in [0.2, 0.25) is 0 Å². The first-order valence-electron chi connectivity index (χ1n) is 6.75. The molecule has 1 atom stereocenters. The van der Waals surface area contributed by atoms with Crippen LogP contribution in [0, 0.1) is 13.8 Å². The van der Waals surface area contributed by atoms with Crippen molar-refractivity contribution < 1.29 is 9.84 Å². The maximum Gasteiger partial charge on any atom is 0.122 e. The summed E-state index contributed by atoms with van der Waals surface area (Å²) in [5.41, 5.74) is 2.45. The summed E-state index contributed by atoms with van der Waals surface area (Å²) < 4.78 is 5.82. The summed E-state index contributed by atoms with van der Waals surface area (Å²) in [5.74, 6) is 0.973. The summed E-state index contributed by atoms with van der Waals surface area (Å²) in [7, 11) is 0. The molecule has 1 heterocycles. The molecule has 1 aliphatic rings. The smallest absolute Gasteiger partial charge is 0.122 e. The van der Waals surface area contributed by atoms with Crippen molar-refractivity contribution in [3.8, 4) is 5.75 Å². The number of likely N-dealkylation sites (tertiary alicyclic amines) is 1. The minimum absolute atomic E-state index is 0.267. The summed E-state index contributed by atoms with van der Waals surface area (Å²) in [5, 5.41) is 9.24. The van der Waals surface area contributed by atoms with Gasteiger partial charge in [-0.3, -0.25) is 4.90 Å². The highest BCUT2D eigenvalue weighted by Crippen LogP contribution is 2.20. The fourth-order valence-electron chi connectivity index (χ4n) is 2.63. The second kappa shape index (κ2) is 6.21. The van der Waals surface area contributed by atoms with Crippen LogP contribution in [0.4, 0.5) is 0 Å². The number of benzene rings is 1. The highest BCUT2D eigenvalue weighted by Gasteiger charge is 2.23. The molecule has 1 fully saturated rings. The summed E-state index contributed by atoms with van der Waals surface area (Å²) in [6, 6.07) is 6.60. The van der Waals surface area contributed by atoms with Crippen molar-refractivity contribution in [2.75, 3.05) is 26.3 Å². The van der Waals surface area contributed by atoms with Gasteiger partial charge >= 0.3 is 0 Å². The Morgan fingerprint density at radius 1 is 1.39 bits per heavy atom. The molecule has 0 radical (unpaired) electrons. The van der Waals surface area contributed by atoms with Crippen molar-refractivity contribution >= 4 is 0 Å². The molecular weight excluding hydrogens is 226 g/mol. The molecule has 2 rings (SSSR count). The molecule has 1 aliphatic heterocycles. The van der Waals surface area contributed by atoms with Crippen LogP contribution in [0.5, 0.6) is 5.75 Å². The number of rotatable bonds is 5. The predicted molar refractivity (Wildman–Crippen MR) is 73.1 cm³/mol. The van der Waals surface area contributed by atoms with E-state index in [1.54, 1.807) is 0 Å². The third-order valence-electron chi connectivity index (χ3n) is 3.68. The highest BCUT2D eigenvalue weighted by atomic mass is 16.5. The lowest BCUT2D eigenvalue weighted by molar-refractivity contribution is 0.139. The Morgan fingerprint density at radius 2 is 2.22 bits per heavy atom. The summed E-state index contributed by atoms with van der Waals surface area (Å²) in [6.07, 6.45) is 2.30. The third kappa shape index (κ3) is 3.24. The number of aliphatic hydroxyl groups is 1. The Kier molecular flexibility index (Phi) is 4.61. The summed E-state index contributed by atoms with van der Waals surface area (Å²) in [6.45, 7) is 7.12. The molecular formula is C15H23NO2. The van der Waals surface area contributed by atoms with E-state index in [1.807, 2.05) is 6.07 Å². The van der Waals surface area contributed by atoms with E-state index in [0.29, 0.717) is 12.6 Å². The van der Waals surface area contributed by atoms with Gasteiger partial charge in [-0.2, -0.15) is 0 Å². The van der Waals surface area contributed by atoms with Crippen LogP contribution in [0.15, 0.2) is 18.2 Å². The Labute approximate surface area is 109 Å². The minimum Gasteiger partial charge on any atom is -0.492 e. The molecule has 1 aromatic rings. The van der Waals surface area contributed by atoms with Gasteiger partial charge in [0.25, 0.3) is 0 Å². The Balaban J connectivity index is 1.81. The van der Waals surface area contributed by atoms with Crippen LogP contribution in [0.1, 0.15) is 24.0 Å². The average Bonchev–Trinajstić information content (AvgIpc) is 2.79. The molecule has 18 heavy (non-hydrogen) atoms. The first-order chi connectivity index (χ1) is 8.70. The molecule has 1 aromatic carbocycles. The van der Waals surface area contributed by atoms with Gasteiger partial charge in [0.05, 0.1) is 6.61 Å². The van der Waals surface area contributed by atoms with Crippen molar-refractivity contribution in [1.29, 1.82) is 0 Å². The lowest BCUT2D eigenvalue weighted by atomic mass is 10.1. The molecule has 0 saturated carbocycles. The number of hydrogen-bond acceptors (Lipinski definition) is 3. The van der Waals surface area contributed by atoms with E-state index in [9.17, 15) is 5.11 Å². The zero-order valence-electron chi connectivity index (χ0n) is 11.4. The molecule has 0 spiro atoms. The maximum atomic E-state index is 9.24. The highest BCUT2D eigenvalue weighted by molar-refractivity contribution is 5.35. The number of nitrogens with zero attached hydrogens (tertiary/aromatic N) is 1. The Hall–Kier alpha value is -1.06. The van der Waals surface area contributed by atoms with Gasteiger partial charge in [-0.15, -0.1) is 0 Å². The van der Waals surface area contributed by atoms with Crippen LogP contribution < -0.4 is 4.74 Å². The van der Waals surface area contributed by atoms with Gasteiger partial charge < -0.3 is 9.84 Å². The Morgan fingerprint density at radius 3 is 2.94 bits per heavy atom. The first kappa shape index (κ1) is 13.4. The zero-order valence-corrected chi connectivity index (χ0v) is 11.4. The van der Waals surface area contributed by atoms with Crippen molar-refractivity contribution in [3.63, 3.8) is 0 Å². The topological polar surface area (TPSA) is 32.7 Å². The van der Waals surface area contributed by atoms with Crippen LogP contribution >= 0.6 is 0 Å². The summed E-state index contributed by atoms with van der Waals surface area (Å²) >= 11 is 0. The van der Waals surface area contributed by atoms with E-state index in [0.717, 1.165) is 25.3 Å². The van der Waals surface area contributed by atoms with Crippen LogP contribution in [-0.2, 0) is 0 Å². The number of aryl methyl sites for hydroxylation is 2. The number of ether oxygens (including phenoxy) is 1. The average molecular weight is 249 g/mol. The molecule has 1 unspecified atom stereocenters. The van der Waals surface area contributed by atoms with Gasteiger partial charge in [0.15, 0.2) is 0 Å². The largest absolute Gasteiger partial charge is 0.492 e. The summed E-state index contributed by atoms with van der Waals surface area (Å²) in [4.78, 5) is 2.32. The number of aliphatic hydroxyl groups excluding tert-OH is 1. The maximum absolute atomic E-state index is 9.24. The lowest BCUT2D eigenvalue weighted by Gasteiger charge is -2.22. The van der Waals surface area contributed by atoms with Crippen LogP contribution in [-0.4, -0.2) is 42.4 Å². The molecule has 0 aromatic heterocycles. The molecule has 100 valence electrons. The molecule has 0 aliphatic carbocycles.